The summed E-state index contributed by atoms with van der Waals surface area (Å²) >= 11 is 0. The molecule has 2 atom stereocenters. The molecule has 0 saturated heterocycles. The van der Waals surface area contributed by atoms with E-state index in [0.717, 1.165) is 11.8 Å². The lowest BCUT2D eigenvalue weighted by Crippen LogP contribution is -2.11. The maximum absolute atomic E-state index is 2.48. The predicted molar refractivity (Wildman–Crippen MR) is 98.9 cm³/mol. The highest BCUT2D eigenvalue weighted by atomic mass is 14.2. The SMILES string of the molecule is CCCCCCCCCC(CCCCCCC)C(C)CC. The molecule has 0 nitrogen and oxygen atoms in total. The van der Waals surface area contributed by atoms with E-state index in [4.69, 9.17) is 0 Å². The van der Waals surface area contributed by atoms with Gasteiger partial charge in [0.25, 0.3) is 0 Å². The summed E-state index contributed by atoms with van der Waals surface area (Å²) in [5.41, 5.74) is 0. The summed E-state index contributed by atoms with van der Waals surface area (Å²) in [7, 11) is 0. The van der Waals surface area contributed by atoms with Crippen molar-refractivity contribution in [2.75, 3.05) is 0 Å². The molecule has 0 amide bonds. The van der Waals surface area contributed by atoms with E-state index in [2.05, 4.69) is 27.7 Å². The van der Waals surface area contributed by atoms with E-state index >= 15 is 0 Å². The van der Waals surface area contributed by atoms with E-state index in [9.17, 15) is 0 Å². The van der Waals surface area contributed by atoms with Gasteiger partial charge in [-0.3, -0.25) is 0 Å². The summed E-state index contributed by atoms with van der Waals surface area (Å²) < 4.78 is 0. The lowest BCUT2D eigenvalue weighted by molar-refractivity contribution is 0.288. The van der Waals surface area contributed by atoms with Gasteiger partial charge >= 0.3 is 0 Å². The van der Waals surface area contributed by atoms with Crippen LogP contribution >= 0.6 is 0 Å². The van der Waals surface area contributed by atoms with Crippen LogP contribution in [-0.2, 0) is 0 Å². The molecule has 0 aromatic carbocycles. The highest BCUT2D eigenvalue weighted by Gasteiger charge is 2.14. The first kappa shape index (κ1) is 21.0. The van der Waals surface area contributed by atoms with Gasteiger partial charge in [-0.2, -0.15) is 0 Å². The van der Waals surface area contributed by atoms with Crippen molar-refractivity contribution in [3.63, 3.8) is 0 Å². The van der Waals surface area contributed by atoms with Gasteiger partial charge in [0.2, 0.25) is 0 Å². The van der Waals surface area contributed by atoms with Crippen molar-refractivity contribution in [3.05, 3.63) is 0 Å². The van der Waals surface area contributed by atoms with Gasteiger partial charge in [0.1, 0.15) is 0 Å². The van der Waals surface area contributed by atoms with Gasteiger partial charge in [-0.15, -0.1) is 0 Å². The molecule has 0 saturated carbocycles. The minimum absolute atomic E-state index is 0.941. The van der Waals surface area contributed by atoms with Crippen LogP contribution in [0.15, 0.2) is 0 Å². The largest absolute Gasteiger partial charge is 0.0654 e. The number of rotatable bonds is 16. The second kappa shape index (κ2) is 16.4. The Morgan fingerprint density at radius 1 is 0.524 bits per heavy atom. The molecule has 0 aliphatic carbocycles. The monoisotopic (exact) mass is 296 g/mol. The van der Waals surface area contributed by atoms with Crippen LogP contribution in [0.25, 0.3) is 0 Å². The first-order valence-electron chi connectivity index (χ1n) is 10.3. The zero-order chi connectivity index (χ0) is 15.8. The highest BCUT2D eigenvalue weighted by molar-refractivity contribution is 4.66. The molecule has 0 heterocycles. The Balaban J connectivity index is 3.66. The first-order valence-corrected chi connectivity index (χ1v) is 10.3. The van der Waals surface area contributed by atoms with Crippen molar-refractivity contribution in [1.29, 1.82) is 0 Å². The van der Waals surface area contributed by atoms with Crippen molar-refractivity contribution in [2.24, 2.45) is 11.8 Å². The van der Waals surface area contributed by atoms with E-state index in [-0.39, 0.29) is 0 Å². The van der Waals surface area contributed by atoms with Crippen LogP contribution < -0.4 is 0 Å². The molecule has 2 unspecified atom stereocenters. The topological polar surface area (TPSA) is 0 Å². The predicted octanol–water partition coefficient (Wildman–Crippen LogP) is 8.15. The van der Waals surface area contributed by atoms with Gasteiger partial charge in [0.05, 0.1) is 0 Å². The Morgan fingerprint density at radius 3 is 1.29 bits per heavy atom. The second-order valence-corrected chi connectivity index (χ2v) is 7.26. The molecule has 0 N–H and O–H groups in total. The Kier molecular flexibility index (Phi) is 16.4. The highest BCUT2D eigenvalue weighted by Crippen LogP contribution is 2.27. The van der Waals surface area contributed by atoms with Crippen LogP contribution in [0.1, 0.15) is 124 Å². The lowest BCUT2D eigenvalue weighted by atomic mass is 9.83. The van der Waals surface area contributed by atoms with Gasteiger partial charge in [0.15, 0.2) is 0 Å². The van der Waals surface area contributed by atoms with E-state index < -0.39 is 0 Å². The summed E-state index contributed by atoms with van der Waals surface area (Å²) in [5.74, 6) is 1.95. The maximum atomic E-state index is 2.48. The van der Waals surface area contributed by atoms with Crippen LogP contribution in [0.2, 0.25) is 0 Å². The molecule has 0 rings (SSSR count). The fourth-order valence-electron chi connectivity index (χ4n) is 3.42. The van der Waals surface area contributed by atoms with E-state index in [1.165, 1.54) is 96.3 Å². The maximum Gasteiger partial charge on any atom is -0.0389 e. The molecule has 0 fully saturated rings. The third-order valence-corrected chi connectivity index (χ3v) is 5.31. The van der Waals surface area contributed by atoms with E-state index in [0.29, 0.717) is 0 Å². The lowest BCUT2D eigenvalue weighted by Gasteiger charge is -2.23. The zero-order valence-electron chi connectivity index (χ0n) is 15.8. The Morgan fingerprint density at radius 2 is 0.905 bits per heavy atom. The second-order valence-electron chi connectivity index (χ2n) is 7.26. The smallest absolute Gasteiger partial charge is 0.0389 e. The molecule has 0 bridgehead atoms. The average Bonchev–Trinajstić information content (AvgIpc) is 2.51. The van der Waals surface area contributed by atoms with Crippen LogP contribution in [0, 0.1) is 11.8 Å². The minimum Gasteiger partial charge on any atom is -0.0654 e. The molecular formula is C21H44. The summed E-state index contributed by atoms with van der Waals surface area (Å²) in [6, 6.07) is 0. The molecule has 0 heteroatoms. The summed E-state index contributed by atoms with van der Waals surface area (Å²) in [6.07, 6.45) is 21.7. The van der Waals surface area contributed by atoms with Crippen LogP contribution in [0.5, 0.6) is 0 Å². The average molecular weight is 297 g/mol. The van der Waals surface area contributed by atoms with Crippen molar-refractivity contribution in [1.82, 2.24) is 0 Å². The standard InChI is InChI=1S/C21H44/c1-5-8-10-12-13-15-17-19-21(20(4)7-3)18-16-14-11-9-6-2/h20-21H,5-19H2,1-4H3. The molecule has 21 heavy (non-hydrogen) atoms. The quantitative estimate of drug-likeness (QED) is 0.252. The Hall–Kier alpha value is 0. The number of hydrogen-bond acceptors (Lipinski definition) is 0. The van der Waals surface area contributed by atoms with Crippen molar-refractivity contribution in [3.8, 4) is 0 Å². The molecule has 0 aromatic heterocycles. The van der Waals surface area contributed by atoms with Gasteiger partial charge in [-0.05, 0) is 11.8 Å². The molecular weight excluding hydrogens is 252 g/mol. The van der Waals surface area contributed by atoms with Gasteiger partial charge in [-0.1, -0.05) is 124 Å². The van der Waals surface area contributed by atoms with Crippen molar-refractivity contribution in [2.45, 2.75) is 124 Å². The van der Waals surface area contributed by atoms with Crippen LogP contribution in [-0.4, -0.2) is 0 Å². The molecule has 0 spiro atoms. The number of hydrogen-bond donors (Lipinski definition) is 0. The third-order valence-electron chi connectivity index (χ3n) is 5.31. The van der Waals surface area contributed by atoms with Gasteiger partial charge in [0, 0.05) is 0 Å². The zero-order valence-corrected chi connectivity index (χ0v) is 15.8. The fraction of sp³-hybridized carbons (Fsp3) is 1.00. The summed E-state index contributed by atoms with van der Waals surface area (Å²) in [6.45, 7) is 9.47. The van der Waals surface area contributed by atoms with Crippen molar-refractivity contribution < 1.29 is 0 Å². The number of unbranched alkanes of at least 4 members (excludes halogenated alkanes) is 10. The summed E-state index contributed by atoms with van der Waals surface area (Å²) in [4.78, 5) is 0. The first-order chi connectivity index (χ1) is 10.3. The van der Waals surface area contributed by atoms with Gasteiger partial charge in [-0.25, -0.2) is 0 Å². The van der Waals surface area contributed by atoms with E-state index in [1.807, 2.05) is 0 Å². The Bertz CT molecular complexity index is 184. The van der Waals surface area contributed by atoms with Gasteiger partial charge < -0.3 is 0 Å². The van der Waals surface area contributed by atoms with E-state index in [1.54, 1.807) is 0 Å². The molecule has 128 valence electrons. The molecule has 0 aliphatic rings. The molecule has 0 aromatic rings. The van der Waals surface area contributed by atoms with Crippen LogP contribution in [0.4, 0.5) is 0 Å². The third kappa shape index (κ3) is 13.4. The summed E-state index contributed by atoms with van der Waals surface area (Å²) in [5, 5.41) is 0. The van der Waals surface area contributed by atoms with Crippen LogP contribution in [0.3, 0.4) is 0 Å². The fourth-order valence-corrected chi connectivity index (χ4v) is 3.42. The minimum atomic E-state index is 0.941. The van der Waals surface area contributed by atoms with Crippen molar-refractivity contribution >= 4 is 0 Å². The Labute approximate surface area is 136 Å². The normalized spacial score (nSPS) is 14.3. The molecule has 0 aliphatic heterocycles. The molecule has 0 radical (unpaired) electrons.